The first-order valence-electron chi connectivity index (χ1n) is 6.29. The first-order chi connectivity index (χ1) is 11.3. The third-order valence-electron chi connectivity index (χ3n) is 2.90. The third kappa shape index (κ3) is 4.51. The van der Waals surface area contributed by atoms with Crippen molar-refractivity contribution in [1.29, 1.82) is 0 Å². The molecule has 12 heteroatoms. The number of sulfonamides is 1. The monoisotopic (exact) mass is 403 g/mol. The number of amidine groups is 1. The van der Waals surface area contributed by atoms with Crippen LogP contribution in [-0.2, 0) is 22.4 Å². The highest BCUT2D eigenvalue weighted by atomic mass is 32.2. The summed E-state index contributed by atoms with van der Waals surface area (Å²) in [5.41, 5.74) is 2.03. The molecule has 2 aromatic rings. The van der Waals surface area contributed by atoms with E-state index in [0.29, 0.717) is 0 Å². The first kappa shape index (κ1) is 19.2. The van der Waals surface area contributed by atoms with Gasteiger partial charge in [-0.15, -0.1) is 11.3 Å². The average molecular weight is 403 g/mol. The molecule has 0 atom stereocenters. The number of alkyl halides is 6. The van der Waals surface area contributed by atoms with Gasteiger partial charge in [0.1, 0.15) is 9.77 Å². The Labute approximate surface area is 141 Å². The molecule has 0 aliphatic rings. The molecule has 4 nitrogen and oxygen atoms in total. The van der Waals surface area contributed by atoms with Gasteiger partial charge in [0, 0.05) is 0 Å². The molecule has 1 aromatic heterocycles. The molecule has 0 fully saturated rings. The van der Waals surface area contributed by atoms with Crippen LogP contribution >= 0.6 is 11.3 Å². The lowest BCUT2D eigenvalue weighted by atomic mass is 10.1. The lowest BCUT2D eigenvalue weighted by Gasteiger charge is -2.13. The van der Waals surface area contributed by atoms with Crippen LogP contribution in [0.5, 0.6) is 0 Å². The molecule has 0 amide bonds. The number of nitrogens with one attached hydrogen (secondary N) is 1. The Morgan fingerprint density at radius 3 is 1.92 bits per heavy atom. The van der Waals surface area contributed by atoms with E-state index in [0.717, 1.165) is 11.3 Å². The summed E-state index contributed by atoms with van der Waals surface area (Å²) in [6.45, 7) is 0. The van der Waals surface area contributed by atoms with Crippen LogP contribution in [0, 0.1) is 0 Å². The number of thiophene rings is 1. The van der Waals surface area contributed by atoms with Gasteiger partial charge in [-0.05, 0) is 29.6 Å². The van der Waals surface area contributed by atoms with Gasteiger partial charge < -0.3 is 0 Å². The molecule has 0 saturated carbocycles. The molecular weight excluding hydrogens is 394 g/mol. The minimum absolute atomic E-state index is 0.110. The van der Waals surface area contributed by atoms with Crippen LogP contribution in [0.3, 0.4) is 0 Å². The van der Waals surface area contributed by atoms with Crippen molar-refractivity contribution in [1.82, 2.24) is 0 Å². The Morgan fingerprint density at radius 2 is 1.52 bits per heavy atom. The molecular formula is C13H9F6N2O2S2+. The summed E-state index contributed by atoms with van der Waals surface area (Å²) in [4.78, 5) is -0.944. The Bertz CT molecular complexity index is 867. The summed E-state index contributed by atoms with van der Waals surface area (Å²) in [6, 6.07) is 3.02. The Kier molecular flexibility index (Phi) is 4.88. The number of nitrogens with two attached hydrogens (primary N) is 1. The molecule has 25 heavy (non-hydrogen) atoms. The van der Waals surface area contributed by atoms with Crippen LogP contribution in [0.4, 0.5) is 26.3 Å². The molecule has 0 saturated heterocycles. The maximum absolute atomic E-state index is 12.8. The van der Waals surface area contributed by atoms with E-state index in [1.807, 2.05) is 0 Å². The number of nitrogen functional groups attached to an aromatic ring is 1. The summed E-state index contributed by atoms with van der Waals surface area (Å²) in [5.74, 6) is -0.416. The zero-order valence-corrected chi connectivity index (χ0v) is 13.6. The van der Waals surface area contributed by atoms with Crippen molar-refractivity contribution >= 4 is 27.2 Å². The van der Waals surface area contributed by atoms with Crippen molar-refractivity contribution in [3.8, 4) is 0 Å². The van der Waals surface area contributed by atoms with E-state index in [2.05, 4.69) is 0 Å². The lowest BCUT2D eigenvalue weighted by molar-refractivity contribution is -0.267. The Balaban J connectivity index is 2.63. The zero-order chi connectivity index (χ0) is 19.0. The van der Waals surface area contributed by atoms with Gasteiger partial charge >= 0.3 is 22.4 Å². The fourth-order valence-electron chi connectivity index (χ4n) is 1.77. The number of halogens is 6. The molecule has 136 valence electrons. The molecule has 3 N–H and O–H groups in total. The van der Waals surface area contributed by atoms with Crippen molar-refractivity contribution in [3.63, 3.8) is 0 Å². The number of hydrogen-bond acceptors (Lipinski definition) is 3. The summed E-state index contributed by atoms with van der Waals surface area (Å²) in [5, 5.41) is 1.56. The molecule has 1 aromatic carbocycles. The van der Waals surface area contributed by atoms with Crippen molar-refractivity contribution in [2.24, 2.45) is 5.73 Å². The molecule has 0 unspecified atom stereocenters. The van der Waals surface area contributed by atoms with Gasteiger partial charge in [0.05, 0.1) is 11.1 Å². The van der Waals surface area contributed by atoms with Crippen LogP contribution in [0.2, 0.25) is 0 Å². The van der Waals surface area contributed by atoms with Crippen LogP contribution in [0.25, 0.3) is 0 Å². The molecule has 0 spiro atoms. The number of rotatable bonds is 3. The van der Waals surface area contributed by atoms with Gasteiger partial charge in [-0.25, -0.2) is 0 Å². The van der Waals surface area contributed by atoms with Gasteiger partial charge in [0.25, 0.3) is 5.84 Å². The van der Waals surface area contributed by atoms with E-state index in [-0.39, 0.29) is 23.1 Å². The fraction of sp³-hybridized carbons (Fsp3) is 0.154. The summed E-state index contributed by atoms with van der Waals surface area (Å²) in [7, 11) is -4.76. The lowest BCUT2D eigenvalue weighted by Crippen LogP contribution is -2.78. The fourth-order valence-corrected chi connectivity index (χ4v) is 3.55. The van der Waals surface area contributed by atoms with Gasteiger partial charge in [-0.3, -0.25) is 5.73 Å². The third-order valence-corrected chi connectivity index (χ3v) is 5.15. The normalized spacial score (nSPS) is 13.9. The van der Waals surface area contributed by atoms with Crippen LogP contribution in [0.15, 0.2) is 40.6 Å². The van der Waals surface area contributed by atoms with E-state index in [4.69, 9.17) is 5.73 Å². The van der Waals surface area contributed by atoms with Gasteiger partial charge in [-0.1, -0.05) is 6.07 Å². The van der Waals surface area contributed by atoms with E-state index < -0.39 is 44.2 Å². The summed E-state index contributed by atoms with van der Waals surface area (Å²) >= 11 is 1.03. The maximum atomic E-state index is 12.8. The minimum atomic E-state index is -5.16. The van der Waals surface area contributed by atoms with Crippen molar-refractivity contribution in [2.75, 3.05) is 0 Å². The standard InChI is InChI=1S/C13H8F6N2O2S2/c14-12(15,16)7-4-8(13(17,18)19)6-9(5-7)25(22,23)21-11(20)10-2-1-3-24-10/h1-6H,(H2,20,21)/p+1. The topological polar surface area (TPSA) is 74.1 Å². The van der Waals surface area contributed by atoms with Crippen molar-refractivity contribution in [2.45, 2.75) is 17.2 Å². The number of benzene rings is 1. The predicted molar refractivity (Wildman–Crippen MR) is 77.2 cm³/mol. The molecule has 2 rings (SSSR count). The van der Waals surface area contributed by atoms with E-state index in [1.165, 1.54) is 12.1 Å². The average Bonchev–Trinajstić information content (AvgIpc) is 2.98. The highest BCUT2D eigenvalue weighted by molar-refractivity contribution is 7.84. The largest absolute Gasteiger partial charge is 0.416 e. The molecule has 0 radical (unpaired) electrons. The highest BCUT2D eigenvalue weighted by Gasteiger charge is 2.38. The van der Waals surface area contributed by atoms with E-state index >= 15 is 0 Å². The summed E-state index contributed by atoms with van der Waals surface area (Å²) < 4.78 is 103. The van der Waals surface area contributed by atoms with E-state index in [9.17, 15) is 34.8 Å². The predicted octanol–water partition coefficient (Wildman–Crippen LogP) is 1.96. The second-order valence-electron chi connectivity index (χ2n) is 4.74. The van der Waals surface area contributed by atoms with Crippen molar-refractivity contribution < 1.29 is 39.2 Å². The first-order valence-corrected chi connectivity index (χ1v) is 8.65. The molecule has 0 bridgehead atoms. The summed E-state index contributed by atoms with van der Waals surface area (Å²) in [6.07, 6.45) is -10.3. The van der Waals surface area contributed by atoms with Crippen LogP contribution in [0.1, 0.15) is 16.0 Å². The SMILES string of the molecule is NC(=[NH+]S(=O)(=O)c1cc(C(F)(F)F)cc(C(F)(F)F)c1)c1cccs1. The van der Waals surface area contributed by atoms with Crippen LogP contribution < -0.4 is 10.1 Å². The smallest absolute Gasteiger partial charge is 0.285 e. The second kappa shape index (κ2) is 6.33. The zero-order valence-electron chi connectivity index (χ0n) is 11.9. The molecule has 0 aliphatic heterocycles. The second-order valence-corrected chi connectivity index (χ2v) is 7.37. The quantitative estimate of drug-likeness (QED) is 0.468. The van der Waals surface area contributed by atoms with Gasteiger partial charge in [0.2, 0.25) is 0 Å². The number of hydrogen-bond donors (Lipinski definition) is 2. The van der Waals surface area contributed by atoms with Crippen molar-refractivity contribution in [3.05, 3.63) is 51.7 Å². The molecule has 0 aliphatic carbocycles. The van der Waals surface area contributed by atoms with Crippen LogP contribution in [-0.4, -0.2) is 14.3 Å². The van der Waals surface area contributed by atoms with E-state index in [1.54, 1.807) is 9.78 Å². The highest BCUT2D eigenvalue weighted by Crippen LogP contribution is 2.36. The Hall–Kier alpha value is -2.08. The van der Waals surface area contributed by atoms with Gasteiger partial charge in [-0.2, -0.15) is 39.2 Å². The minimum Gasteiger partial charge on any atom is -0.285 e. The van der Waals surface area contributed by atoms with Gasteiger partial charge in [0.15, 0.2) is 0 Å². The Morgan fingerprint density at radius 1 is 1.00 bits per heavy atom. The maximum Gasteiger partial charge on any atom is 0.416 e. The molecule has 1 heterocycles.